The molecule has 0 aliphatic carbocycles. The molecule has 1 aromatic heterocycles. The van der Waals surface area contributed by atoms with Gasteiger partial charge in [-0.15, -0.1) is 0 Å². The predicted octanol–water partition coefficient (Wildman–Crippen LogP) is 5.13. The number of aryl methyl sites for hydroxylation is 1. The number of rotatable bonds is 3. The highest BCUT2D eigenvalue weighted by atomic mass is 127. The molecule has 0 radical (unpaired) electrons. The standard InChI is InChI=1S/C13H13BrINO/c1-8-3-6-13(17-8)9(2)16-12-7-10(14)4-5-11(12)15/h3-7,9,16H,1-2H3. The molecule has 0 saturated carbocycles. The molecule has 0 aliphatic rings. The van der Waals surface area contributed by atoms with Crippen LogP contribution in [0.2, 0.25) is 0 Å². The molecule has 2 aromatic rings. The summed E-state index contributed by atoms with van der Waals surface area (Å²) in [4.78, 5) is 0. The number of furan rings is 1. The minimum atomic E-state index is 0.159. The molecule has 90 valence electrons. The zero-order chi connectivity index (χ0) is 12.4. The highest BCUT2D eigenvalue weighted by Gasteiger charge is 2.10. The molecule has 0 aliphatic heterocycles. The van der Waals surface area contributed by atoms with Crippen LogP contribution in [-0.2, 0) is 0 Å². The highest BCUT2D eigenvalue weighted by molar-refractivity contribution is 14.1. The summed E-state index contributed by atoms with van der Waals surface area (Å²) in [5, 5.41) is 3.45. The van der Waals surface area contributed by atoms with Crippen molar-refractivity contribution in [3.63, 3.8) is 0 Å². The van der Waals surface area contributed by atoms with Crippen molar-refractivity contribution >= 4 is 44.2 Å². The van der Waals surface area contributed by atoms with Crippen molar-refractivity contribution in [2.75, 3.05) is 5.32 Å². The Hall–Kier alpha value is -0.490. The molecule has 17 heavy (non-hydrogen) atoms. The van der Waals surface area contributed by atoms with Crippen molar-refractivity contribution in [3.8, 4) is 0 Å². The number of hydrogen-bond donors (Lipinski definition) is 1. The maximum Gasteiger partial charge on any atom is 0.126 e. The second-order valence-corrected chi connectivity index (χ2v) is 6.02. The summed E-state index contributed by atoms with van der Waals surface area (Å²) in [6.45, 7) is 4.05. The Kier molecular flexibility index (Phi) is 4.14. The SMILES string of the molecule is Cc1ccc(C(C)Nc2cc(Br)ccc2I)o1. The Labute approximate surface area is 123 Å². The van der Waals surface area contributed by atoms with E-state index < -0.39 is 0 Å². The number of anilines is 1. The van der Waals surface area contributed by atoms with Gasteiger partial charge in [-0.2, -0.15) is 0 Å². The van der Waals surface area contributed by atoms with Crippen LogP contribution in [0.1, 0.15) is 24.5 Å². The molecule has 2 rings (SSSR count). The first kappa shape index (κ1) is 13.0. The minimum Gasteiger partial charge on any atom is -0.464 e. The Balaban J connectivity index is 2.18. The van der Waals surface area contributed by atoms with Crippen LogP contribution in [0.25, 0.3) is 0 Å². The molecule has 0 bridgehead atoms. The molecule has 0 amide bonds. The first-order chi connectivity index (χ1) is 8.06. The number of nitrogens with one attached hydrogen (secondary N) is 1. The van der Waals surface area contributed by atoms with Crippen molar-refractivity contribution in [1.29, 1.82) is 0 Å². The van der Waals surface area contributed by atoms with Gasteiger partial charge in [0.2, 0.25) is 0 Å². The maximum atomic E-state index is 5.61. The molecule has 1 heterocycles. The van der Waals surface area contributed by atoms with Crippen LogP contribution in [0, 0.1) is 10.5 Å². The second-order valence-electron chi connectivity index (χ2n) is 3.94. The van der Waals surface area contributed by atoms with E-state index in [1.54, 1.807) is 0 Å². The Morgan fingerprint density at radius 2 is 2.06 bits per heavy atom. The van der Waals surface area contributed by atoms with E-state index in [1.807, 2.05) is 25.1 Å². The molecule has 1 N–H and O–H groups in total. The third-order valence-electron chi connectivity index (χ3n) is 2.49. The molecule has 2 nitrogen and oxygen atoms in total. The summed E-state index contributed by atoms with van der Waals surface area (Å²) >= 11 is 5.80. The summed E-state index contributed by atoms with van der Waals surface area (Å²) in [6, 6.07) is 10.3. The van der Waals surface area contributed by atoms with Crippen LogP contribution in [0.15, 0.2) is 39.2 Å². The lowest BCUT2D eigenvalue weighted by Crippen LogP contribution is -2.06. The van der Waals surface area contributed by atoms with Crippen LogP contribution >= 0.6 is 38.5 Å². The van der Waals surface area contributed by atoms with Crippen LogP contribution in [0.3, 0.4) is 0 Å². The van der Waals surface area contributed by atoms with Gasteiger partial charge in [0.05, 0.1) is 6.04 Å². The summed E-state index contributed by atoms with van der Waals surface area (Å²) < 4.78 is 7.88. The predicted molar refractivity (Wildman–Crippen MR) is 82.3 cm³/mol. The number of hydrogen-bond acceptors (Lipinski definition) is 2. The lowest BCUT2D eigenvalue weighted by molar-refractivity contribution is 0.467. The smallest absolute Gasteiger partial charge is 0.126 e. The lowest BCUT2D eigenvalue weighted by Gasteiger charge is -2.14. The van der Waals surface area contributed by atoms with Gasteiger partial charge in [0, 0.05) is 13.7 Å². The largest absolute Gasteiger partial charge is 0.464 e. The van der Waals surface area contributed by atoms with Crippen molar-refractivity contribution in [1.82, 2.24) is 0 Å². The monoisotopic (exact) mass is 405 g/mol. The molecule has 0 fully saturated rings. The van der Waals surface area contributed by atoms with Crippen LogP contribution < -0.4 is 5.32 Å². The lowest BCUT2D eigenvalue weighted by atomic mass is 10.2. The highest BCUT2D eigenvalue weighted by Crippen LogP contribution is 2.27. The molecule has 4 heteroatoms. The third kappa shape index (κ3) is 3.25. The van der Waals surface area contributed by atoms with Gasteiger partial charge < -0.3 is 9.73 Å². The first-order valence-corrected chi connectivity index (χ1v) is 7.21. The molecule has 1 unspecified atom stereocenters. The Morgan fingerprint density at radius 3 is 2.71 bits per heavy atom. The first-order valence-electron chi connectivity index (χ1n) is 5.34. The number of benzene rings is 1. The van der Waals surface area contributed by atoms with Gasteiger partial charge in [-0.25, -0.2) is 0 Å². The quantitative estimate of drug-likeness (QED) is 0.716. The van der Waals surface area contributed by atoms with Gasteiger partial charge in [0.15, 0.2) is 0 Å². The van der Waals surface area contributed by atoms with E-state index in [1.165, 1.54) is 3.57 Å². The van der Waals surface area contributed by atoms with Crippen LogP contribution in [0.4, 0.5) is 5.69 Å². The fraction of sp³-hybridized carbons (Fsp3) is 0.231. The summed E-state index contributed by atoms with van der Waals surface area (Å²) in [5.41, 5.74) is 1.11. The molecular weight excluding hydrogens is 393 g/mol. The molecule has 1 aromatic carbocycles. The van der Waals surface area contributed by atoms with Gasteiger partial charge in [-0.05, 0) is 66.8 Å². The molecule has 0 saturated heterocycles. The van der Waals surface area contributed by atoms with Crippen molar-refractivity contribution in [3.05, 3.63) is 49.9 Å². The Morgan fingerprint density at radius 1 is 1.29 bits per heavy atom. The molecule has 1 atom stereocenters. The van der Waals surface area contributed by atoms with Gasteiger partial charge in [0.25, 0.3) is 0 Å². The van der Waals surface area contributed by atoms with E-state index in [-0.39, 0.29) is 6.04 Å². The number of halogens is 2. The topological polar surface area (TPSA) is 25.2 Å². The van der Waals surface area contributed by atoms with E-state index in [2.05, 4.69) is 62.9 Å². The minimum absolute atomic E-state index is 0.159. The van der Waals surface area contributed by atoms with Gasteiger partial charge >= 0.3 is 0 Å². The summed E-state index contributed by atoms with van der Waals surface area (Å²) in [6.07, 6.45) is 0. The average molecular weight is 406 g/mol. The van der Waals surface area contributed by atoms with Crippen molar-refractivity contribution in [2.24, 2.45) is 0 Å². The van der Waals surface area contributed by atoms with Crippen molar-refractivity contribution < 1.29 is 4.42 Å². The molecule has 0 spiro atoms. The van der Waals surface area contributed by atoms with E-state index in [0.717, 1.165) is 21.7 Å². The zero-order valence-electron chi connectivity index (χ0n) is 9.63. The summed E-state index contributed by atoms with van der Waals surface area (Å²) in [7, 11) is 0. The van der Waals surface area contributed by atoms with Crippen LogP contribution in [0.5, 0.6) is 0 Å². The van der Waals surface area contributed by atoms with Gasteiger partial charge in [-0.1, -0.05) is 15.9 Å². The average Bonchev–Trinajstić information content (AvgIpc) is 2.70. The third-order valence-corrected chi connectivity index (χ3v) is 3.92. The summed E-state index contributed by atoms with van der Waals surface area (Å²) in [5.74, 6) is 1.90. The normalized spacial score (nSPS) is 12.5. The van der Waals surface area contributed by atoms with Crippen molar-refractivity contribution in [2.45, 2.75) is 19.9 Å². The fourth-order valence-corrected chi connectivity index (χ4v) is 2.45. The van der Waals surface area contributed by atoms with E-state index in [4.69, 9.17) is 4.42 Å². The van der Waals surface area contributed by atoms with E-state index in [9.17, 15) is 0 Å². The second kappa shape index (κ2) is 5.44. The maximum absolute atomic E-state index is 5.61. The zero-order valence-corrected chi connectivity index (χ0v) is 13.4. The van der Waals surface area contributed by atoms with Gasteiger partial charge in [0.1, 0.15) is 11.5 Å². The Bertz CT molecular complexity index is 524. The van der Waals surface area contributed by atoms with Gasteiger partial charge in [-0.3, -0.25) is 0 Å². The fourth-order valence-electron chi connectivity index (χ4n) is 1.60. The molecular formula is C13H13BrINO. The van der Waals surface area contributed by atoms with E-state index in [0.29, 0.717) is 0 Å². The van der Waals surface area contributed by atoms with E-state index >= 15 is 0 Å². The van der Waals surface area contributed by atoms with Crippen LogP contribution in [-0.4, -0.2) is 0 Å².